The minimum absolute atomic E-state index is 0.609. The van der Waals surface area contributed by atoms with Crippen LogP contribution >= 0.6 is 0 Å². The lowest BCUT2D eigenvalue weighted by molar-refractivity contribution is 0.446. The van der Waals surface area contributed by atoms with Crippen LogP contribution in [0.25, 0.3) is 0 Å². The van der Waals surface area contributed by atoms with Crippen molar-refractivity contribution in [3.8, 4) is 0 Å². The lowest BCUT2D eigenvalue weighted by Crippen LogP contribution is -2.39. The van der Waals surface area contributed by atoms with Crippen LogP contribution in [0.1, 0.15) is 49.6 Å². The fraction of sp³-hybridized carbons (Fsp3) is 0.500. The molecule has 4 heteroatoms. The highest BCUT2D eigenvalue weighted by molar-refractivity contribution is 5.50. The molecule has 0 spiro atoms. The maximum Gasteiger partial charge on any atom is 0.134 e. The number of aryl methyl sites for hydroxylation is 2. The summed E-state index contributed by atoms with van der Waals surface area (Å²) in [6.45, 7) is 8.25. The van der Waals surface area contributed by atoms with Crippen LogP contribution in [0.5, 0.6) is 0 Å². The second kappa shape index (κ2) is 7.65. The number of piperidine rings is 1. The highest BCUT2D eigenvalue weighted by Gasteiger charge is 2.22. The van der Waals surface area contributed by atoms with Crippen molar-refractivity contribution in [3.05, 3.63) is 47.3 Å². The lowest BCUT2D eigenvalue weighted by Gasteiger charge is -2.36. The van der Waals surface area contributed by atoms with E-state index in [0.29, 0.717) is 6.04 Å². The topological polar surface area (TPSA) is 41.0 Å². The summed E-state index contributed by atoms with van der Waals surface area (Å²) in [6, 6.07) is 11.3. The van der Waals surface area contributed by atoms with Gasteiger partial charge >= 0.3 is 0 Å². The Morgan fingerprint density at radius 1 is 1.12 bits per heavy atom. The highest BCUT2D eigenvalue weighted by atomic mass is 15.2. The van der Waals surface area contributed by atoms with Crippen molar-refractivity contribution < 1.29 is 0 Å². The number of aromatic nitrogens is 2. The number of nitrogens with zero attached hydrogens (tertiary/aromatic N) is 3. The van der Waals surface area contributed by atoms with E-state index in [-0.39, 0.29) is 0 Å². The SMILES string of the molecule is CCC1CCCCN1c1cc(NCc2ccc(C)cc2)nc(C)n1. The van der Waals surface area contributed by atoms with Gasteiger partial charge in [0.05, 0.1) is 0 Å². The van der Waals surface area contributed by atoms with Crippen LogP contribution in [0.3, 0.4) is 0 Å². The standard InChI is InChI=1S/C20H28N4/c1-4-18-7-5-6-12-24(18)20-13-19(22-16(3)23-20)21-14-17-10-8-15(2)9-11-17/h8-11,13,18H,4-7,12,14H2,1-3H3,(H,21,22,23). The summed E-state index contributed by atoms with van der Waals surface area (Å²) in [5.41, 5.74) is 2.55. The van der Waals surface area contributed by atoms with Crippen LogP contribution in [0.4, 0.5) is 11.6 Å². The molecule has 0 aliphatic carbocycles. The Balaban J connectivity index is 1.74. The predicted molar refractivity (Wildman–Crippen MR) is 101 cm³/mol. The predicted octanol–water partition coefficient (Wildman–Crippen LogP) is 4.47. The van der Waals surface area contributed by atoms with Crippen molar-refractivity contribution in [1.82, 2.24) is 9.97 Å². The molecule has 1 aliphatic heterocycles. The molecule has 0 bridgehead atoms. The number of hydrogen-bond acceptors (Lipinski definition) is 4. The van der Waals surface area contributed by atoms with Gasteiger partial charge in [-0.2, -0.15) is 0 Å². The van der Waals surface area contributed by atoms with Crippen LogP contribution < -0.4 is 10.2 Å². The molecule has 1 unspecified atom stereocenters. The number of hydrogen-bond donors (Lipinski definition) is 1. The zero-order chi connectivity index (χ0) is 16.9. The Kier molecular flexibility index (Phi) is 5.34. The average Bonchev–Trinajstić information content (AvgIpc) is 2.61. The summed E-state index contributed by atoms with van der Waals surface area (Å²) >= 11 is 0. The van der Waals surface area contributed by atoms with E-state index < -0.39 is 0 Å². The Morgan fingerprint density at radius 2 is 1.92 bits per heavy atom. The van der Waals surface area contributed by atoms with E-state index >= 15 is 0 Å². The molecule has 1 saturated heterocycles. The van der Waals surface area contributed by atoms with Gasteiger partial charge in [0, 0.05) is 25.2 Å². The normalized spacial score (nSPS) is 17.8. The minimum Gasteiger partial charge on any atom is -0.366 e. The maximum absolute atomic E-state index is 4.70. The van der Waals surface area contributed by atoms with Crippen LogP contribution in [0.2, 0.25) is 0 Å². The first-order chi connectivity index (χ1) is 11.7. The molecular weight excluding hydrogens is 296 g/mol. The third-order valence-corrected chi connectivity index (χ3v) is 4.81. The van der Waals surface area contributed by atoms with Gasteiger partial charge in [0.1, 0.15) is 17.5 Å². The number of benzene rings is 1. The van der Waals surface area contributed by atoms with E-state index in [4.69, 9.17) is 4.98 Å². The Bertz CT molecular complexity index is 666. The molecule has 1 aliphatic rings. The smallest absolute Gasteiger partial charge is 0.134 e. The Labute approximate surface area is 145 Å². The number of nitrogens with one attached hydrogen (secondary N) is 1. The zero-order valence-corrected chi connectivity index (χ0v) is 15.0. The average molecular weight is 324 g/mol. The van der Waals surface area contributed by atoms with Gasteiger partial charge in [-0.05, 0) is 45.1 Å². The van der Waals surface area contributed by atoms with Gasteiger partial charge in [-0.1, -0.05) is 36.8 Å². The number of rotatable bonds is 5. The van der Waals surface area contributed by atoms with Crippen molar-refractivity contribution in [2.45, 2.75) is 59.0 Å². The van der Waals surface area contributed by atoms with Crippen molar-refractivity contribution in [2.75, 3.05) is 16.8 Å². The van der Waals surface area contributed by atoms with Crippen LogP contribution in [0.15, 0.2) is 30.3 Å². The molecule has 1 fully saturated rings. The Morgan fingerprint density at radius 3 is 2.67 bits per heavy atom. The molecule has 0 amide bonds. The third-order valence-electron chi connectivity index (χ3n) is 4.81. The van der Waals surface area contributed by atoms with Gasteiger partial charge in [0.25, 0.3) is 0 Å². The van der Waals surface area contributed by atoms with E-state index in [1.807, 2.05) is 6.92 Å². The van der Waals surface area contributed by atoms with Gasteiger partial charge in [-0.3, -0.25) is 0 Å². The lowest BCUT2D eigenvalue weighted by atomic mass is 10.00. The van der Waals surface area contributed by atoms with E-state index in [1.165, 1.54) is 36.8 Å². The van der Waals surface area contributed by atoms with Crippen molar-refractivity contribution in [3.63, 3.8) is 0 Å². The van der Waals surface area contributed by atoms with Crippen LogP contribution in [0, 0.1) is 13.8 Å². The molecule has 1 N–H and O–H groups in total. The second-order valence-electron chi connectivity index (χ2n) is 6.75. The molecule has 3 rings (SSSR count). The molecule has 2 aromatic rings. The van der Waals surface area contributed by atoms with Crippen LogP contribution in [-0.4, -0.2) is 22.6 Å². The van der Waals surface area contributed by atoms with Gasteiger partial charge < -0.3 is 10.2 Å². The van der Waals surface area contributed by atoms with E-state index in [9.17, 15) is 0 Å². The zero-order valence-electron chi connectivity index (χ0n) is 15.0. The fourth-order valence-corrected chi connectivity index (χ4v) is 3.41. The molecule has 24 heavy (non-hydrogen) atoms. The first-order valence-electron chi connectivity index (χ1n) is 9.07. The number of anilines is 2. The summed E-state index contributed by atoms with van der Waals surface area (Å²) in [5, 5.41) is 3.46. The molecule has 1 aromatic heterocycles. The maximum atomic E-state index is 4.70. The monoisotopic (exact) mass is 324 g/mol. The van der Waals surface area contributed by atoms with E-state index in [1.54, 1.807) is 0 Å². The van der Waals surface area contributed by atoms with E-state index in [0.717, 1.165) is 30.5 Å². The minimum atomic E-state index is 0.609. The summed E-state index contributed by atoms with van der Waals surface area (Å²) < 4.78 is 0. The molecule has 2 heterocycles. The molecule has 1 aromatic carbocycles. The van der Waals surface area contributed by atoms with Crippen molar-refractivity contribution in [2.24, 2.45) is 0 Å². The molecule has 128 valence electrons. The summed E-state index contributed by atoms with van der Waals surface area (Å²) in [5.74, 6) is 2.82. The largest absolute Gasteiger partial charge is 0.366 e. The van der Waals surface area contributed by atoms with Gasteiger partial charge in [-0.25, -0.2) is 9.97 Å². The molecule has 4 nitrogen and oxygen atoms in total. The summed E-state index contributed by atoms with van der Waals surface area (Å²) in [7, 11) is 0. The quantitative estimate of drug-likeness (QED) is 0.881. The van der Waals surface area contributed by atoms with Crippen molar-refractivity contribution >= 4 is 11.6 Å². The molecule has 0 radical (unpaired) electrons. The summed E-state index contributed by atoms with van der Waals surface area (Å²) in [6.07, 6.45) is 5.03. The second-order valence-corrected chi connectivity index (χ2v) is 6.75. The summed E-state index contributed by atoms with van der Waals surface area (Å²) in [4.78, 5) is 11.7. The van der Waals surface area contributed by atoms with Gasteiger partial charge in [-0.15, -0.1) is 0 Å². The Hall–Kier alpha value is -2.10. The highest BCUT2D eigenvalue weighted by Crippen LogP contribution is 2.26. The van der Waals surface area contributed by atoms with Crippen LogP contribution in [-0.2, 0) is 6.54 Å². The van der Waals surface area contributed by atoms with Crippen molar-refractivity contribution in [1.29, 1.82) is 0 Å². The molecule has 0 saturated carbocycles. The first kappa shape index (κ1) is 16.7. The molecular formula is C20H28N4. The molecule has 1 atom stereocenters. The first-order valence-corrected chi connectivity index (χ1v) is 9.07. The third kappa shape index (κ3) is 4.05. The van der Waals surface area contributed by atoms with E-state index in [2.05, 4.69) is 59.4 Å². The van der Waals surface area contributed by atoms with Gasteiger partial charge in [0.2, 0.25) is 0 Å². The fourth-order valence-electron chi connectivity index (χ4n) is 3.41. The van der Waals surface area contributed by atoms with Gasteiger partial charge in [0.15, 0.2) is 0 Å².